The summed E-state index contributed by atoms with van der Waals surface area (Å²) in [6, 6.07) is 12.6. The number of halogens is 2. The first-order valence-electron chi connectivity index (χ1n) is 7.01. The van der Waals surface area contributed by atoms with Crippen molar-refractivity contribution >= 4 is 34.8 Å². The van der Waals surface area contributed by atoms with Crippen LogP contribution in [0.4, 0.5) is 5.69 Å². The number of aryl methyl sites for hydroxylation is 1. The third-order valence-electron chi connectivity index (χ3n) is 3.21. The van der Waals surface area contributed by atoms with Gasteiger partial charge in [0.2, 0.25) is 0 Å². The monoisotopic (exact) mass is 337 g/mol. The molecule has 0 saturated heterocycles. The lowest BCUT2D eigenvalue weighted by Gasteiger charge is -2.17. The van der Waals surface area contributed by atoms with Crippen LogP contribution in [0.1, 0.15) is 19.4 Å². The molecule has 116 valence electrons. The fraction of sp³-hybridized carbons (Fsp3) is 0.235. The topological polar surface area (TPSA) is 38.3 Å². The molecule has 0 heterocycles. The van der Waals surface area contributed by atoms with Crippen LogP contribution in [0.25, 0.3) is 0 Å². The number of anilines is 1. The second kappa shape index (κ2) is 7.52. The molecule has 1 amide bonds. The number of ether oxygens (including phenoxy) is 1. The summed E-state index contributed by atoms with van der Waals surface area (Å²) in [6.45, 7) is 3.75. The molecule has 0 spiro atoms. The van der Waals surface area contributed by atoms with E-state index in [1.165, 1.54) is 0 Å². The van der Waals surface area contributed by atoms with Gasteiger partial charge >= 0.3 is 0 Å². The number of carbonyl (C=O) groups is 1. The van der Waals surface area contributed by atoms with E-state index in [-0.39, 0.29) is 5.91 Å². The average molecular weight is 338 g/mol. The molecule has 3 nitrogen and oxygen atoms in total. The van der Waals surface area contributed by atoms with Gasteiger partial charge in [-0.1, -0.05) is 48.3 Å². The van der Waals surface area contributed by atoms with Crippen molar-refractivity contribution in [1.29, 1.82) is 0 Å². The van der Waals surface area contributed by atoms with Gasteiger partial charge in [0.1, 0.15) is 5.75 Å². The molecule has 0 radical (unpaired) electrons. The van der Waals surface area contributed by atoms with Crippen LogP contribution in [-0.2, 0) is 11.2 Å². The van der Waals surface area contributed by atoms with Gasteiger partial charge in [-0.2, -0.15) is 0 Å². The summed E-state index contributed by atoms with van der Waals surface area (Å²) in [5, 5.41) is 3.60. The van der Waals surface area contributed by atoms with Gasteiger partial charge in [0.25, 0.3) is 5.91 Å². The predicted molar refractivity (Wildman–Crippen MR) is 91.0 cm³/mol. The van der Waals surface area contributed by atoms with Crippen LogP contribution in [-0.4, -0.2) is 12.0 Å². The Kier molecular flexibility index (Phi) is 5.69. The van der Waals surface area contributed by atoms with Crippen molar-refractivity contribution in [2.45, 2.75) is 26.4 Å². The summed E-state index contributed by atoms with van der Waals surface area (Å²) < 4.78 is 5.75. The van der Waals surface area contributed by atoms with Crippen molar-refractivity contribution in [2.75, 3.05) is 5.32 Å². The molecule has 5 heteroatoms. The van der Waals surface area contributed by atoms with Gasteiger partial charge in [0.05, 0.1) is 10.0 Å². The molecule has 1 unspecified atom stereocenters. The number of amides is 1. The lowest BCUT2D eigenvalue weighted by Crippen LogP contribution is -2.30. The summed E-state index contributed by atoms with van der Waals surface area (Å²) in [5.41, 5.74) is 1.65. The Labute approximate surface area is 140 Å². The molecular formula is C17H17Cl2NO2. The molecule has 0 fully saturated rings. The highest BCUT2D eigenvalue weighted by atomic mass is 35.5. The van der Waals surface area contributed by atoms with Crippen LogP contribution >= 0.6 is 23.2 Å². The Bertz CT molecular complexity index is 673. The normalized spacial score (nSPS) is 11.8. The Morgan fingerprint density at radius 2 is 1.91 bits per heavy atom. The minimum absolute atomic E-state index is 0.246. The van der Waals surface area contributed by atoms with Crippen molar-refractivity contribution in [3.63, 3.8) is 0 Å². The number of hydrogen-bond donors (Lipinski definition) is 1. The molecule has 0 aromatic heterocycles. The highest BCUT2D eigenvalue weighted by molar-refractivity contribution is 6.42. The standard InChI is InChI=1S/C17H17Cl2NO2/c1-3-12-6-4-5-7-16(12)22-11(2)17(21)20-13-8-9-14(18)15(19)10-13/h4-11H,3H2,1-2H3,(H,20,21). The number of para-hydroxylation sites is 1. The largest absolute Gasteiger partial charge is 0.481 e. The van der Waals surface area contributed by atoms with Gasteiger partial charge in [-0.3, -0.25) is 4.79 Å². The fourth-order valence-corrected chi connectivity index (χ4v) is 2.27. The SMILES string of the molecule is CCc1ccccc1OC(C)C(=O)Nc1ccc(Cl)c(Cl)c1. The molecule has 2 rings (SSSR count). The van der Waals surface area contributed by atoms with E-state index in [2.05, 4.69) is 5.32 Å². The zero-order chi connectivity index (χ0) is 16.1. The van der Waals surface area contributed by atoms with E-state index in [1.54, 1.807) is 25.1 Å². The van der Waals surface area contributed by atoms with Gasteiger partial charge in [-0.15, -0.1) is 0 Å². The van der Waals surface area contributed by atoms with Crippen LogP contribution in [0, 0.1) is 0 Å². The molecule has 0 aliphatic rings. The summed E-state index contributed by atoms with van der Waals surface area (Å²) in [4.78, 5) is 12.2. The molecule has 0 aliphatic heterocycles. The number of carbonyl (C=O) groups excluding carboxylic acids is 1. The van der Waals surface area contributed by atoms with E-state index >= 15 is 0 Å². The van der Waals surface area contributed by atoms with E-state index in [0.717, 1.165) is 17.7 Å². The van der Waals surface area contributed by atoms with Crippen LogP contribution in [0.3, 0.4) is 0 Å². The zero-order valence-electron chi connectivity index (χ0n) is 12.4. The molecule has 0 saturated carbocycles. The van der Waals surface area contributed by atoms with E-state index in [0.29, 0.717) is 15.7 Å². The Morgan fingerprint density at radius 1 is 1.18 bits per heavy atom. The molecule has 22 heavy (non-hydrogen) atoms. The van der Waals surface area contributed by atoms with Crippen LogP contribution < -0.4 is 10.1 Å². The maximum Gasteiger partial charge on any atom is 0.265 e. The van der Waals surface area contributed by atoms with Crippen molar-refractivity contribution < 1.29 is 9.53 Å². The lowest BCUT2D eigenvalue weighted by atomic mass is 10.1. The number of benzene rings is 2. The summed E-state index contributed by atoms with van der Waals surface area (Å²) in [7, 11) is 0. The summed E-state index contributed by atoms with van der Waals surface area (Å²) in [6.07, 6.45) is 0.222. The zero-order valence-corrected chi connectivity index (χ0v) is 13.9. The minimum Gasteiger partial charge on any atom is -0.481 e. The average Bonchev–Trinajstić information content (AvgIpc) is 2.51. The van der Waals surface area contributed by atoms with E-state index in [1.807, 2.05) is 31.2 Å². The minimum atomic E-state index is -0.623. The molecule has 2 aromatic carbocycles. The quantitative estimate of drug-likeness (QED) is 0.837. The molecule has 0 aliphatic carbocycles. The van der Waals surface area contributed by atoms with E-state index in [4.69, 9.17) is 27.9 Å². The first kappa shape index (κ1) is 16.7. The second-order valence-corrected chi connectivity index (χ2v) is 5.65. The van der Waals surface area contributed by atoms with Crippen LogP contribution in [0.2, 0.25) is 10.0 Å². The van der Waals surface area contributed by atoms with Gasteiger partial charge in [-0.25, -0.2) is 0 Å². The second-order valence-electron chi connectivity index (χ2n) is 4.84. The van der Waals surface area contributed by atoms with Crippen molar-refractivity contribution in [2.24, 2.45) is 0 Å². The summed E-state index contributed by atoms with van der Waals surface area (Å²) >= 11 is 11.8. The highest BCUT2D eigenvalue weighted by Gasteiger charge is 2.16. The number of hydrogen-bond acceptors (Lipinski definition) is 2. The molecule has 1 atom stereocenters. The van der Waals surface area contributed by atoms with E-state index in [9.17, 15) is 4.79 Å². The third-order valence-corrected chi connectivity index (χ3v) is 3.95. The van der Waals surface area contributed by atoms with Gasteiger partial charge < -0.3 is 10.1 Å². The first-order chi connectivity index (χ1) is 10.5. The molecule has 0 bridgehead atoms. The van der Waals surface area contributed by atoms with Gasteiger partial charge in [-0.05, 0) is 43.2 Å². The Balaban J connectivity index is 2.04. The number of nitrogens with one attached hydrogen (secondary N) is 1. The molecule has 1 N–H and O–H groups in total. The van der Waals surface area contributed by atoms with Gasteiger partial charge in [0, 0.05) is 5.69 Å². The van der Waals surface area contributed by atoms with Crippen LogP contribution in [0.5, 0.6) is 5.75 Å². The maximum atomic E-state index is 12.2. The predicted octanol–water partition coefficient (Wildman–Crippen LogP) is 4.96. The first-order valence-corrected chi connectivity index (χ1v) is 7.77. The van der Waals surface area contributed by atoms with Crippen molar-refractivity contribution in [3.8, 4) is 5.75 Å². The Hall–Kier alpha value is -1.71. The third kappa shape index (κ3) is 4.15. The Morgan fingerprint density at radius 3 is 2.59 bits per heavy atom. The summed E-state index contributed by atoms with van der Waals surface area (Å²) in [5.74, 6) is 0.478. The highest BCUT2D eigenvalue weighted by Crippen LogP contribution is 2.25. The van der Waals surface area contributed by atoms with Crippen molar-refractivity contribution in [3.05, 3.63) is 58.1 Å². The van der Waals surface area contributed by atoms with Crippen LogP contribution in [0.15, 0.2) is 42.5 Å². The lowest BCUT2D eigenvalue weighted by molar-refractivity contribution is -0.122. The fourth-order valence-electron chi connectivity index (χ4n) is 1.97. The van der Waals surface area contributed by atoms with Crippen molar-refractivity contribution in [1.82, 2.24) is 0 Å². The smallest absolute Gasteiger partial charge is 0.265 e. The maximum absolute atomic E-state index is 12.2. The molecular weight excluding hydrogens is 321 g/mol. The molecule has 2 aromatic rings. The van der Waals surface area contributed by atoms with Gasteiger partial charge in [0.15, 0.2) is 6.10 Å². The van der Waals surface area contributed by atoms with E-state index < -0.39 is 6.10 Å². The number of rotatable bonds is 5.